The van der Waals surface area contributed by atoms with Gasteiger partial charge in [0.2, 0.25) is 0 Å². The van der Waals surface area contributed by atoms with Crippen LogP contribution < -0.4 is 5.73 Å². The van der Waals surface area contributed by atoms with Crippen LogP contribution in [0.4, 0.5) is 0 Å². The molecule has 112 valence electrons. The molecule has 1 aliphatic rings. The molecule has 2 rings (SSSR count). The van der Waals surface area contributed by atoms with Gasteiger partial charge in [-0.3, -0.25) is 4.90 Å². The molecular formula is C18H30N2. The number of piperidine rings is 1. The summed E-state index contributed by atoms with van der Waals surface area (Å²) in [7, 11) is 0. The van der Waals surface area contributed by atoms with Gasteiger partial charge in [-0.25, -0.2) is 0 Å². The third kappa shape index (κ3) is 3.42. The summed E-state index contributed by atoms with van der Waals surface area (Å²) in [4.78, 5) is 2.66. The number of benzene rings is 1. The van der Waals surface area contributed by atoms with Crippen molar-refractivity contribution < 1.29 is 0 Å². The molecule has 1 aromatic carbocycles. The SMILES string of the molecule is CCc1ccc(C(CC)N2CCCCC2C(C)N)cc1. The lowest BCUT2D eigenvalue weighted by molar-refractivity contribution is 0.0783. The Hall–Kier alpha value is -0.860. The largest absolute Gasteiger partial charge is 0.327 e. The van der Waals surface area contributed by atoms with Gasteiger partial charge in [-0.1, -0.05) is 44.5 Å². The van der Waals surface area contributed by atoms with Crippen LogP contribution in [-0.4, -0.2) is 23.5 Å². The van der Waals surface area contributed by atoms with Gasteiger partial charge in [0.15, 0.2) is 0 Å². The van der Waals surface area contributed by atoms with E-state index in [1.807, 2.05) is 0 Å². The van der Waals surface area contributed by atoms with Crippen LogP contribution in [0.15, 0.2) is 24.3 Å². The fraction of sp³-hybridized carbons (Fsp3) is 0.667. The van der Waals surface area contributed by atoms with Crippen molar-refractivity contribution in [1.29, 1.82) is 0 Å². The smallest absolute Gasteiger partial charge is 0.0349 e. The van der Waals surface area contributed by atoms with Gasteiger partial charge in [0, 0.05) is 18.1 Å². The molecule has 1 aliphatic heterocycles. The van der Waals surface area contributed by atoms with Crippen molar-refractivity contribution in [3.63, 3.8) is 0 Å². The predicted octanol–water partition coefficient (Wildman–Crippen LogP) is 3.90. The average Bonchev–Trinajstić information content (AvgIpc) is 2.49. The van der Waals surface area contributed by atoms with E-state index >= 15 is 0 Å². The molecule has 2 nitrogen and oxygen atoms in total. The molecule has 1 saturated heterocycles. The van der Waals surface area contributed by atoms with Crippen LogP contribution >= 0.6 is 0 Å². The standard InChI is InChI=1S/C18H30N2/c1-4-15-9-11-16(12-10-15)17(5-2)20-13-7-6-8-18(20)14(3)19/h9-12,14,17-18H,4-8,13,19H2,1-3H3. The normalized spacial score (nSPS) is 23.5. The summed E-state index contributed by atoms with van der Waals surface area (Å²) in [6.07, 6.45) is 6.17. The summed E-state index contributed by atoms with van der Waals surface area (Å²) in [6.45, 7) is 7.87. The van der Waals surface area contributed by atoms with Gasteiger partial charge in [-0.2, -0.15) is 0 Å². The summed E-state index contributed by atoms with van der Waals surface area (Å²) >= 11 is 0. The first-order chi connectivity index (χ1) is 9.67. The Kier molecular flexibility index (Phi) is 5.62. The Labute approximate surface area is 124 Å². The Balaban J connectivity index is 2.20. The van der Waals surface area contributed by atoms with Gasteiger partial charge >= 0.3 is 0 Å². The molecule has 3 atom stereocenters. The Morgan fingerprint density at radius 2 is 1.90 bits per heavy atom. The van der Waals surface area contributed by atoms with Crippen LogP contribution in [0.1, 0.15) is 63.6 Å². The highest BCUT2D eigenvalue weighted by Crippen LogP contribution is 2.32. The molecule has 0 saturated carbocycles. The van der Waals surface area contributed by atoms with Crippen LogP contribution in [0.2, 0.25) is 0 Å². The molecule has 0 bridgehead atoms. The van der Waals surface area contributed by atoms with Gasteiger partial charge in [-0.05, 0) is 50.3 Å². The molecular weight excluding hydrogens is 244 g/mol. The van der Waals surface area contributed by atoms with E-state index in [9.17, 15) is 0 Å². The molecule has 1 fully saturated rings. The van der Waals surface area contributed by atoms with Crippen LogP contribution in [-0.2, 0) is 6.42 Å². The van der Waals surface area contributed by atoms with Crippen molar-refractivity contribution in [3.8, 4) is 0 Å². The quantitative estimate of drug-likeness (QED) is 0.882. The number of nitrogens with two attached hydrogens (primary N) is 1. The van der Waals surface area contributed by atoms with Crippen LogP contribution in [0.25, 0.3) is 0 Å². The van der Waals surface area contributed by atoms with Gasteiger partial charge in [0.05, 0.1) is 0 Å². The van der Waals surface area contributed by atoms with Crippen molar-refractivity contribution in [1.82, 2.24) is 4.90 Å². The topological polar surface area (TPSA) is 29.3 Å². The summed E-state index contributed by atoms with van der Waals surface area (Å²) < 4.78 is 0. The van der Waals surface area contributed by atoms with Crippen molar-refractivity contribution >= 4 is 0 Å². The van der Waals surface area contributed by atoms with Gasteiger partial charge < -0.3 is 5.73 Å². The fourth-order valence-electron chi connectivity index (χ4n) is 3.57. The third-order valence-corrected chi connectivity index (χ3v) is 4.76. The monoisotopic (exact) mass is 274 g/mol. The van der Waals surface area contributed by atoms with E-state index < -0.39 is 0 Å². The molecule has 3 unspecified atom stereocenters. The van der Waals surface area contributed by atoms with Gasteiger partial charge in [0.1, 0.15) is 0 Å². The molecule has 0 radical (unpaired) electrons. The van der Waals surface area contributed by atoms with Crippen LogP contribution in [0, 0.1) is 0 Å². The second-order valence-corrected chi connectivity index (χ2v) is 6.18. The summed E-state index contributed by atoms with van der Waals surface area (Å²) in [5.74, 6) is 0. The first-order valence-electron chi connectivity index (χ1n) is 8.27. The first kappa shape index (κ1) is 15.5. The second kappa shape index (κ2) is 7.24. The zero-order chi connectivity index (χ0) is 14.5. The third-order valence-electron chi connectivity index (χ3n) is 4.76. The minimum Gasteiger partial charge on any atom is -0.327 e. The maximum Gasteiger partial charge on any atom is 0.0349 e. The van der Waals surface area contributed by atoms with Crippen molar-refractivity contribution in [2.45, 2.75) is 71.0 Å². The Bertz CT molecular complexity index is 396. The van der Waals surface area contributed by atoms with Gasteiger partial charge in [0.25, 0.3) is 0 Å². The lowest BCUT2D eigenvalue weighted by Crippen LogP contribution is -2.50. The maximum absolute atomic E-state index is 6.23. The van der Waals surface area contributed by atoms with E-state index in [1.54, 1.807) is 0 Å². The van der Waals surface area contributed by atoms with Crippen molar-refractivity contribution in [3.05, 3.63) is 35.4 Å². The predicted molar refractivity (Wildman–Crippen MR) is 86.8 cm³/mol. The molecule has 0 amide bonds. The number of hydrogen-bond donors (Lipinski definition) is 1. The minimum absolute atomic E-state index is 0.263. The molecule has 0 aromatic heterocycles. The average molecular weight is 274 g/mol. The van der Waals surface area contributed by atoms with Crippen LogP contribution in [0.3, 0.4) is 0 Å². The molecule has 0 spiro atoms. The van der Waals surface area contributed by atoms with E-state index in [2.05, 4.69) is 49.9 Å². The molecule has 1 aromatic rings. The lowest BCUT2D eigenvalue weighted by Gasteiger charge is -2.43. The minimum atomic E-state index is 0.263. The highest BCUT2D eigenvalue weighted by atomic mass is 15.2. The summed E-state index contributed by atoms with van der Waals surface area (Å²) in [5.41, 5.74) is 9.11. The summed E-state index contributed by atoms with van der Waals surface area (Å²) in [5, 5.41) is 0. The van der Waals surface area contributed by atoms with Crippen molar-refractivity contribution in [2.24, 2.45) is 5.73 Å². The summed E-state index contributed by atoms with van der Waals surface area (Å²) in [6, 6.07) is 10.5. The molecule has 0 aliphatic carbocycles. The zero-order valence-corrected chi connectivity index (χ0v) is 13.3. The van der Waals surface area contributed by atoms with E-state index in [0.717, 1.165) is 12.8 Å². The molecule has 2 N–H and O–H groups in total. The zero-order valence-electron chi connectivity index (χ0n) is 13.3. The maximum atomic E-state index is 6.23. The van der Waals surface area contributed by atoms with Crippen molar-refractivity contribution in [2.75, 3.05) is 6.54 Å². The fourth-order valence-corrected chi connectivity index (χ4v) is 3.57. The Morgan fingerprint density at radius 1 is 1.20 bits per heavy atom. The van der Waals surface area contributed by atoms with E-state index in [1.165, 1.54) is 36.9 Å². The van der Waals surface area contributed by atoms with E-state index in [-0.39, 0.29) is 6.04 Å². The Morgan fingerprint density at radius 3 is 2.45 bits per heavy atom. The number of hydrogen-bond acceptors (Lipinski definition) is 2. The molecule has 20 heavy (non-hydrogen) atoms. The van der Waals surface area contributed by atoms with E-state index in [0.29, 0.717) is 12.1 Å². The van der Waals surface area contributed by atoms with Crippen LogP contribution in [0.5, 0.6) is 0 Å². The number of aryl methyl sites for hydroxylation is 1. The number of nitrogens with zero attached hydrogens (tertiary/aromatic N) is 1. The second-order valence-electron chi connectivity index (χ2n) is 6.18. The molecule has 1 heterocycles. The molecule has 2 heteroatoms. The van der Waals surface area contributed by atoms with E-state index in [4.69, 9.17) is 5.73 Å². The number of likely N-dealkylation sites (tertiary alicyclic amines) is 1. The highest BCUT2D eigenvalue weighted by molar-refractivity contribution is 5.25. The number of rotatable bonds is 5. The highest BCUT2D eigenvalue weighted by Gasteiger charge is 2.30. The first-order valence-corrected chi connectivity index (χ1v) is 8.27. The van der Waals surface area contributed by atoms with Gasteiger partial charge in [-0.15, -0.1) is 0 Å². The lowest BCUT2D eigenvalue weighted by atomic mass is 9.91.